The molecule has 4 rings (SSSR count). The van der Waals surface area contributed by atoms with E-state index >= 15 is 0 Å². The number of thiazole rings is 1. The van der Waals surface area contributed by atoms with Crippen molar-refractivity contribution in [3.8, 4) is 0 Å². The number of aryl methyl sites for hydroxylation is 1. The van der Waals surface area contributed by atoms with E-state index in [1.807, 2.05) is 41.3 Å². The summed E-state index contributed by atoms with van der Waals surface area (Å²) in [5.74, 6) is -0.0331. The van der Waals surface area contributed by atoms with Gasteiger partial charge in [0.05, 0.1) is 5.69 Å². The van der Waals surface area contributed by atoms with Crippen LogP contribution in [0.5, 0.6) is 0 Å². The monoisotopic (exact) mass is 421 g/mol. The van der Waals surface area contributed by atoms with E-state index in [0.717, 1.165) is 13.1 Å². The van der Waals surface area contributed by atoms with Gasteiger partial charge in [-0.05, 0) is 31.2 Å². The lowest BCUT2D eigenvalue weighted by molar-refractivity contribution is 0.0750. The van der Waals surface area contributed by atoms with Crippen molar-refractivity contribution < 1.29 is 9.59 Å². The van der Waals surface area contributed by atoms with Crippen LogP contribution in [-0.2, 0) is 0 Å². The number of hydrogen-bond donors (Lipinski definition) is 2. The molecule has 30 heavy (non-hydrogen) atoms. The molecule has 1 saturated heterocycles. The highest BCUT2D eigenvalue weighted by Gasteiger charge is 2.26. The van der Waals surface area contributed by atoms with Crippen molar-refractivity contribution in [3.05, 3.63) is 71.2 Å². The summed E-state index contributed by atoms with van der Waals surface area (Å²) in [7, 11) is 0. The lowest BCUT2D eigenvalue weighted by atomic mass is 10.2. The Balaban J connectivity index is 1.36. The van der Waals surface area contributed by atoms with Crippen LogP contribution in [0.2, 0.25) is 0 Å². The number of para-hydroxylation sites is 2. The van der Waals surface area contributed by atoms with Crippen molar-refractivity contribution >= 4 is 39.8 Å². The standard InChI is InChI=1S/C22H23N5O2S/c1-16-19(30-22(23-16)25-21(29)24-17-8-4-2-5-9-17)20(28)27-14-12-26(13-15-27)18-10-6-3-7-11-18/h2-11H,12-15H2,1H3,(H2,23,24,25,29). The molecular weight excluding hydrogens is 398 g/mol. The third-order valence-electron chi connectivity index (χ3n) is 4.93. The molecule has 0 unspecified atom stereocenters. The first kappa shape index (κ1) is 19.9. The summed E-state index contributed by atoms with van der Waals surface area (Å²) in [5, 5.41) is 5.87. The number of rotatable bonds is 4. The Morgan fingerprint density at radius 3 is 2.20 bits per heavy atom. The Labute approximate surface area is 179 Å². The van der Waals surface area contributed by atoms with Crippen LogP contribution in [-0.4, -0.2) is 48.0 Å². The Morgan fingerprint density at radius 1 is 0.900 bits per heavy atom. The average molecular weight is 422 g/mol. The van der Waals surface area contributed by atoms with E-state index in [4.69, 9.17) is 0 Å². The molecule has 0 aliphatic carbocycles. The number of aromatic nitrogens is 1. The summed E-state index contributed by atoms with van der Waals surface area (Å²) in [6, 6.07) is 19.0. The van der Waals surface area contributed by atoms with Gasteiger partial charge >= 0.3 is 6.03 Å². The van der Waals surface area contributed by atoms with Crippen LogP contribution in [0.4, 0.5) is 21.3 Å². The van der Waals surface area contributed by atoms with E-state index in [0.29, 0.717) is 34.5 Å². The van der Waals surface area contributed by atoms with Crippen LogP contribution in [0.25, 0.3) is 0 Å². The molecule has 154 valence electrons. The molecule has 0 radical (unpaired) electrons. The van der Waals surface area contributed by atoms with Gasteiger partial charge in [-0.25, -0.2) is 9.78 Å². The smallest absolute Gasteiger partial charge is 0.325 e. The topological polar surface area (TPSA) is 77.6 Å². The third kappa shape index (κ3) is 4.60. The number of benzene rings is 2. The van der Waals surface area contributed by atoms with Crippen LogP contribution in [0.15, 0.2) is 60.7 Å². The maximum absolute atomic E-state index is 13.0. The van der Waals surface area contributed by atoms with Gasteiger partial charge < -0.3 is 15.1 Å². The maximum Gasteiger partial charge on any atom is 0.325 e. The van der Waals surface area contributed by atoms with Crippen LogP contribution in [0, 0.1) is 6.92 Å². The number of nitrogens with zero attached hydrogens (tertiary/aromatic N) is 3. The van der Waals surface area contributed by atoms with E-state index in [-0.39, 0.29) is 11.9 Å². The number of urea groups is 1. The molecule has 0 spiro atoms. The first-order chi connectivity index (χ1) is 14.6. The number of piperazine rings is 1. The summed E-state index contributed by atoms with van der Waals surface area (Å²) >= 11 is 1.21. The Bertz CT molecular complexity index is 1010. The highest BCUT2D eigenvalue weighted by Crippen LogP contribution is 2.25. The fourth-order valence-corrected chi connectivity index (χ4v) is 4.31. The van der Waals surface area contributed by atoms with E-state index < -0.39 is 0 Å². The summed E-state index contributed by atoms with van der Waals surface area (Å²) in [6.07, 6.45) is 0. The van der Waals surface area contributed by atoms with Gasteiger partial charge in [-0.2, -0.15) is 0 Å². The molecule has 1 fully saturated rings. The highest BCUT2D eigenvalue weighted by atomic mass is 32.1. The second kappa shape index (κ2) is 8.96. The molecule has 3 aromatic rings. The van der Waals surface area contributed by atoms with Crippen molar-refractivity contribution in [1.82, 2.24) is 9.88 Å². The summed E-state index contributed by atoms with van der Waals surface area (Å²) in [4.78, 5) is 34.3. The van der Waals surface area contributed by atoms with Crippen molar-refractivity contribution in [2.45, 2.75) is 6.92 Å². The SMILES string of the molecule is Cc1nc(NC(=O)Nc2ccccc2)sc1C(=O)N1CCN(c2ccccc2)CC1. The number of amides is 3. The molecule has 1 aromatic heterocycles. The number of carbonyl (C=O) groups is 2. The van der Waals surface area contributed by atoms with Crippen molar-refractivity contribution in [2.75, 3.05) is 41.7 Å². The number of anilines is 3. The van der Waals surface area contributed by atoms with Crippen LogP contribution < -0.4 is 15.5 Å². The molecule has 2 aromatic carbocycles. The summed E-state index contributed by atoms with van der Waals surface area (Å²) in [5.41, 5.74) is 2.50. The molecule has 8 heteroatoms. The fourth-order valence-electron chi connectivity index (χ4n) is 3.38. The van der Waals surface area contributed by atoms with Gasteiger partial charge in [0, 0.05) is 37.6 Å². The van der Waals surface area contributed by atoms with Crippen molar-refractivity contribution in [2.24, 2.45) is 0 Å². The van der Waals surface area contributed by atoms with Crippen LogP contribution >= 0.6 is 11.3 Å². The van der Waals surface area contributed by atoms with E-state index in [1.165, 1.54) is 17.0 Å². The maximum atomic E-state index is 13.0. The molecule has 1 aliphatic heterocycles. The average Bonchev–Trinajstić information content (AvgIpc) is 3.14. The molecule has 0 atom stereocenters. The van der Waals surface area contributed by atoms with Gasteiger partial charge in [-0.1, -0.05) is 47.7 Å². The Kier molecular flexibility index (Phi) is 5.94. The number of carbonyl (C=O) groups excluding carboxylic acids is 2. The molecule has 0 saturated carbocycles. The predicted octanol–water partition coefficient (Wildman–Crippen LogP) is 4.06. The zero-order valence-corrected chi connectivity index (χ0v) is 17.5. The minimum Gasteiger partial charge on any atom is -0.368 e. The largest absolute Gasteiger partial charge is 0.368 e. The molecule has 7 nitrogen and oxygen atoms in total. The lowest BCUT2D eigenvalue weighted by Gasteiger charge is -2.36. The van der Waals surface area contributed by atoms with Gasteiger partial charge in [0.25, 0.3) is 5.91 Å². The normalized spacial score (nSPS) is 13.8. The zero-order valence-electron chi connectivity index (χ0n) is 16.7. The molecule has 2 N–H and O–H groups in total. The van der Waals surface area contributed by atoms with Crippen molar-refractivity contribution in [3.63, 3.8) is 0 Å². The minimum atomic E-state index is -0.384. The number of nitrogens with one attached hydrogen (secondary N) is 2. The summed E-state index contributed by atoms with van der Waals surface area (Å²) < 4.78 is 0. The molecule has 1 aliphatic rings. The molecule has 3 amide bonds. The van der Waals surface area contributed by atoms with Gasteiger partial charge in [0.2, 0.25) is 0 Å². The minimum absolute atomic E-state index is 0.0331. The van der Waals surface area contributed by atoms with E-state index in [2.05, 4.69) is 32.7 Å². The van der Waals surface area contributed by atoms with Crippen LogP contribution in [0.3, 0.4) is 0 Å². The number of hydrogen-bond acceptors (Lipinski definition) is 5. The molecular formula is C22H23N5O2S. The first-order valence-electron chi connectivity index (χ1n) is 9.80. The highest BCUT2D eigenvalue weighted by molar-refractivity contribution is 7.17. The Morgan fingerprint density at radius 2 is 1.53 bits per heavy atom. The lowest BCUT2D eigenvalue weighted by Crippen LogP contribution is -2.48. The Hall–Kier alpha value is -3.39. The second-order valence-electron chi connectivity index (χ2n) is 6.99. The fraction of sp³-hybridized carbons (Fsp3) is 0.227. The van der Waals surface area contributed by atoms with Gasteiger partial charge in [-0.15, -0.1) is 0 Å². The van der Waals surface area contributed by atoms with Gasteiger partial charge in [-0.3, -0.25) is 10.1 Å². The van der Waals surface area contributed by atoms with E-state index in [9.17, 15) is 9.59 Å². The van der Waals surface area contributed by atoms with Crippen molar-refractivity contribution in [1.29, 1.82) is 0 Å². The van der Waals surface area contributed by atoms with E-state index in [1.54, 1.807) is 19.1 Å². The predicted molar refractivity (Wildman–Crippen MR) is 120 cm³/mol. The summed E-state index contributed by atoms with van der Waals surface area (Å²) in [6.45, 7) is 4.69. The molecule has 2 heterocycles. The quantitative estimate of drug-likeness (QED) is 0.666. The van der Waals surface area contributed by atoms with Crippen LogP contribution in [0.1, 0.15) is 15.4 Å². The van der Waals surface area contributed by atoms with Gasteiger partial charge in [0.15, 0.2) is 5.13 Å². The van der Waals surface area contributed by atoms with Gasteiger partial charge in [0.1, 0.15) is 4.88 Å². The second-order valence-corrected chi connectivity index (χ2v) is 7.99. The third-order valence-corrected chi connectivity index (χ3v) is 5.99. The molecule has 0 bridgehead atoms. The first-order valence-corrected chi connectivity index (χ1v) is 10.6. The zero-order chi connectivity index (χ0) is 20.9.